The Morgan fingerprint density at radius 3 is 2.06 bits per heavy atom. The molecule has 0 N–H and O–H groups in total. The van der Waals surface area contributed by atoms with Crippen molar-refractivity contribution in [3.63, 3.8) is 0 Å². The highest BCUT2D eigenvalue weighted by atomic mass is 35.5. The molecule has 0 fully saturated rings. The van der Waals surface area contributed by atoms with Crippen molar-refractivity contribution < 1.29 is 9.16 Å². The number of hydrogen-bond donors (Lipinski definition) is 0. The lowest BCUT2D eigenvalue weighted by molar-refractivity contribution is 0.388. The maximum Gasteiger partial charge on any atom is 0.340 e. The van der Waals surface area contributed by atoms with Crippen LogP contribution in [0.4, 0.5) is 0 Å². The Hall–Kier alpha value is -4.92. The van der Waals surface area contributed by atoms with E-state index in [1.54, 1.807) is 34.7 Å². The molecule has 9 heteroatoms. The van der Waals surface area contributed by atoms with Crippen molar-refractivity contribution in [3.05, 3.63) is 137 Å². The van der Waals surface area contributed by atoms with Crippen molar-refractivity contribution >= 4 is 46.9 Å². The Balaban J connectivity index is 1.50. The van der Waals surface area contributed by atoms with Gasteiger partial charge in [-0.2, -0.15) is 0 Å². The third-order valence-electron chi connectivity index (χ3n) is 9.38. The molecule has 1 aliphatic rings. The van der Waals surface area contributed by atoms with E-state index >= 15 is 0 Å². The normalized spacial score (nSPS) is 13.7. The molecule has 6 aromatic rings. The largest absolute Gasteiger partial charge is 0.531 e. The second-order valence-electron chi connectivity index (χ2n) is 13.4. The van der Waals surface area contributed by atoms with E-state index < -0.39 is 8.32 Å². The summed E-state index contributed by atoms with van der Waals surface area (Å²) in [5.41, 5.74) is 3.78. The molecule has 0 aliphatic heterocycles. The molecule has 7 nitrogen and oxygen atoms in total. The molecule has 2 heterocycles. The fourth-order valence-electron chi connectivity index (χ4n) is 7.16. The summed E-state index contributed by atoms with van der Waals surface area (Å²) in [5, 5.41) is 2.53. The quantitative estimate of drug-likeness (QED) is 0.151. The third kappa shape index (κ3) is 5.79. The lowest BCUT2D eigenvalue weighted by Gasteiger charge is -2.43. The van der Waals surface area contributed by atoms with Gasteiger partial charge in [0.2, 0.25) is 5.95 Å². The van der Waals surface area contributed by atoms with Gasteiger partial charge in [-0.1, -0.05) is 99.1 Å². The summed E-state index contributed by atoms with van der Waals surface area (Å²) in [5.74, 6) is 1.43. The number of ether oxygens (including phenoxy) is 1. The summed E-state index contributed by atoms with van der Waals surface area (Å²) in [6.45, 7) is 6.70. The Kier molecular flexibility index (Phi) is 8.77. The van der Waals surface area contributed by atoms with Gasteiger partial charge in [0.05, 0.1) is 23.8 Å². The van der Waals surface area contributed by atoms with Gasteiger partial charge in [0.1, 0.15) is 5.75 Å². The summed E-state index contributed by atoms with van der Waals surface area (Å²) < 4.78 is 16.7. The van der Waals surface area contributed by atoms with Crippen molar-refractivity contribution in [3.8, 4) is 23.1 Å². The predicted octanol–water partition coefficient (Wildman–Crippen LogP) is 8.13. The zero-order chi connectivity index (χ0) is 34.2. The number of nitrogens with zero attached hydrogens (tertiary/aromatic N) is 4. The van der Waals surface area contributed by atoms with Gasteiger partial charge in [-0.05, 0) is 77.0 Å². The Labute approximate surface area is 292 Å². The average molecular weight is 687 g/mol. The zero-order valence-electron chi connectivity index (χ0n) is 28.2. The number of imidazole rings is 1. The van der Waals surface area contributed by atoms with Crippen LogP contribution in [0.25, 0.3) is 28.2 Å². The Morgan fingerprint density at radius 1 is 0.796 bits per heavy atom. The van der Waals surface area contributed by atoms with Crippen molar-refractivity contribution in [1.29, 1.82) is 0 Å². The molecule has 0 saturated carbocycles. The molecule has 4 aromatic carbocycles. The summed E-state index contributed by atoms with van der Waals surface area (Å²) in [7, 11) is -1.40. The van der Waals surface area contributed by atoms with Gasteiger partial charge in [0.25, 0.3) is 0 Å². The number of methoxy groups -OCH3 is 1. The molecule has 0 spiro atoms. The molecule has 0 bridgehead atoms. The first kappa shape index (κ1) is 32.6. The van der Waals surface area contributed by atoms with Crippen LogP contribution in [0, 0.1) is 0 Å². The van der Waals surface area contributed by atoms with Gasteiger partial charge in [0.15, 0.2) is 5.75 Å². The number of aromatic nitrogens is 4. The van der Waals surface area contributed by atoms with E-state index in [4.69, 9.17) is 20.8 Å². The van der Waals surface area contributed by atoms with Crippen LogP contribution in [-0.2, 0) is 0 Å². The molecule has 0 unspecified atom stereocenters. The number of rotatable bonds is 8. The molecule has 0 saturated heterocycles. The van der Waals surface area contributed by atoms with Crippen molar-refractivity contribution in [1.82, 2.24) is 19.1 Å². The third-order valence-corrected chi connectivity index (χ3v) is 14.5. The van der Waals surface area contributed by atoms with E-state index in [-0.39, 0.29) is 10.7 Å². The van der Waals surface area contributed by atoms with Crippen LogP contribution in [0.1, 0.15) is 52.0 Å². The molecular weight excluding hydrogens is 648 g/mol. The van der Waals surface area contributed by atoms with Crippen LogP contribution < -0.4 is 25.2 Å². The van der Waals surface area contributed by atoms with Crippen LogP contribution in [-0.4, -0.2) is 34.5 Å². The average Bonchev–Trinajstić information content (AvgIpc) is 3.42. The Bertz CT molecular complexity index is 2170. The highest BCUT2D eigenvalue weighted by Crippen LogP contribution is 2.42. The van der Waals surface area contributed by atoms with Gasteiger partial charge in [-0.25, -0.2) is 19.3 Å². The summed E-state index contributed by atoms with van der Waals surface area (Å²) >= 11 is 6.84. The molecular formula is C40H39ClN4O3Si. The van der Waals surface area contributed by atoms with Gasteiger partial charge in [-0.3, -0.25) is 4.57 Å². The molecule has 49 heavy (non-hydrogen) atoms. The second-order valence-corrected chi connectivity index (χ2v) is 18.1. The fourth-order valence-corrected chi connectivity index (χ4v) is 11.8. The predicted molar refractivity (Wildman–Crippen MR) is 201 cm³/mol. The molecule has 0 radical (unpaired) electrons. The second kappa shape index (κ2) is 13.2. The lowest BCUT2D eigenvalue weighted by atomic mass is 9.93. The lowest BCUT2D eigenvalue weighted by Crippen LogP contribution is -2.68. The van der Waals surface area contributed by atoms with E-state index in [0.717, 1.165) is 47.1 Å². The van der Waals surface area contributed by atoms with Crippen LogP contribution in [0.3, 0.4) is 0 Å². The molecule has 0 atom stereocenters. The van der Waals surface area contributed by atoms with Crippen molar-refractivity contribution in [2.24, 2.45) is 0 Å². The first-order chi connectivity index (χ1) is 23.7. The first-order valence-electron chi connectivity index (χ1n) is 16.7. The molecule has 7 rings (SSSR count). The highest BCUT2D eigenvalue weighted by Gasteiger charge is 2.52. The first-order valence-corrected chi connectivity index (χ1v) is 18.9. The Morgan fingerprint density at radius 2 is 1.47 bits per heavy atom. The van der Waals surface area contributed by atoms with Gasteiger partial charge >= 0.3 is 14.0 Å². The van der Waals surface area contributed by atoms with Gasteiger partial charge < -0.3 is 9.16 Å². The number of halogens is 1. The van der Waals surface area contributed by atoms with Crippen LogP contribution in [0.5, 0.6) is 11.5 Å². The monoisotopic (exact) mass is 686 g/mol. The molecule has 2 aromatic heterocycles. The van der Waals surface area contributed by atoms with Crippen molar-refractivity contribution in [2.45, 2.75) is 51.5 Å². The number of benzene rings is 4. The number of fused-ring (bicyclic) bond motifs is 1. The van der Waals surface area contributed by atoms with E-state index in [0.29, 0.717) is 33.7 Å². The topological polar surface area (TPSA) is 71.2 Å². The standard InChI is InChI=1S/C40H39ClN4O3Si/c1-40(2,3)49(31-17-10-6-11-18-31,32-19-12-7-13-20-32)48-36-27-30(21-22-35(36)47-4)44-34-26-29(41)25-33(28-15-8-5-9-16-28)37(34)45(39(44)46)38-42-23-14-24-43-38/h6-7,10-15,17-27H,5,8-9,16H2,1-4H3. The summed E-state index contributed by atoms with van der Waals surface area (Å²) in [4.78, 5) is 23.7. The van der Waals surface area contributed by atoms with E-state index in [2.05, 4.69) is 85.3 Å². The highest BCUT2D eigenvalue weighted by molar-refractivity contribution is 7.00. The SMILES string of the molecule is COc1ccc(-n2c(=O)n(-c3ncccn3)c3c(C4=CCCCC4)cc(Cl)cc32)cc1O[Si](c1ccccc1)(c1ccccc1)C(C)(C)C. The maximum absolute atomic E-state index is 14.7. The van der Waals surface area contributed by atoms with Gasteiger partial charge in [-0.15, -0.1) is 0 Å². The summed E-state index contributed by atoms with van der Waals surface area (Å²) in [6.07, 6.45) is 9.67. The smallest absolute Gasteiger partial charge is 0.340 e. The minimum Gasteiger partial charge on any atom is -0.531 e. The number of hydrogen-bond acceptors (Lipinski definition) is 5. The number of allylic oxidation sites excluding steroid dienone is 2. The molecule has 248 valence electrons. The van der Waals surface area contributed by atoms with Crippen LogP contribution in [0.15, 0.2) is 120 Å². The van der Waals surface area contributed by atoms with Crippen LogP contribution in [0.2, 0.25) is 10.1 Å². The molecule has 0 amide bonds. The van der Waals surface area contributed by atoms with Gasteiger partial charge in [0, 0.05) is 29.0 Å². The van der Waals surface area contributed by atoms with Crippen LogP contribution >= 0.6 is 11.6 Å². The maximum atomic E-state index is 14.7. The summed E-state index contributed by atoms with van der Waals surface area (Å²) in [6, 6.07) is 32.1. The van der Waals surface area contributed by atoms with Crippen molar-refractivity contribution in [2.75, 3.05) is 7.11 Å². The van der Waals surface area contributed by atoms with E-state index in [1.807, 2.05) is 42.5 Å². The fraction of sp³-hybridized carbons (Fsp3) is 0.225. The zero-order valence-corrected chi connectivity index (χ0v) is 29.9. The minimum atomic E-state index is -3.04. The minimum absolute atomic E-state index is 0.287. The van der Waals surface area contributed by atoms with E-state index in [9.17, 15) is 4.79 Å². The molecule has 1 aliphatic carbocycles. The van der Waals surface area contributed by atoms with E-state index in [1.165, 1.54) is 5.57 Å².